The molecule has 3 heterocycles. The zero-order chi connectivity index (χ0) is 26.7. The number of para-hydroxylation sites is 2. The van der Waals surface area contributed by atoms with Crippen LogP contribution in [0.15, 0.2) is 114 Å². The second-order valence-corrected chi connectivity index (χ2v) is 11.1. The Kier molecular flexibility index (Phi) is 5.42. The van der Waals surface area contributed by atoms with E-state index in [1.165, 1.54) is 0 Å². The maximum Gasteiger partial charge on any atom is 0.238 e. The number of hydrogen-bond acceptors (Lipinski definition) is 4. The minimum absolute atomic E-state index is 0.185. The van der Waals surface area contributed by atoms with Crippen molar-refractivity contribution in [1.29, 1.82) is 0 Å². The summed E-state index contributed by atoms with van der Waals surface area (Å²) in [6.07, 6.45) is 3.99. The van der Waals surface area contributed by atoms with Crippen molar-refractivity contribution in [1.82, 2.24) is 0 Å². The summed E-state index contributed by atoms with van der Waals surface area (Å²) in [5.41, 5.74) is 2.86. The first-order valence-corrected chi connectivity index (χ1v) is 13.7. The van der Waals surface area contributed by atoms with Gasteiger partial charge >= 0.3 is 0 Å². The van der Waals surface area contributed by atoms with Gasteiger partial charge in [-0.2, -0.15) is 0 Å². The van der Waals surface area contributed by atoms with Crippen molar-refractivity contribution in [3.63, 3.8) is 0 Å². The Labute approximate surface area is 234 Å². The summed E-state index contributed by atoms with van der Waals surface area (Å²) in [6.45, 7) is 0. The lowest BCUT2D eigenvalue weighted by Crippen LogP contribution is -2.51. The molecule has 0 saturated carbocycles. The fraction of sp³-hybridized carbons (Fsp3) is 0.121. The molecule has 4 aromatic rings. The van der Waals surface area contributed by atoms with Gasteiger partial charge in [0, 0.05) is 27.0 Å². The van der Waals surface area contributed by atoms with Crippen LogP contribution in [-0.4, -0.2) is 29.6 Å². The maximum atomic E-state index is 14.7. The molecule has 7 rings (SSSR count). The lowest BCUT2D eigenvalue weighted by Gasteiger charge is -2.37. The average molecular weight is 575 g/mol. The number of Topliss-reactive ketones (excluding diaryl/α,β-unsaturated/α-hetero) is 2. The molecule has 39 heavy (non-hydrogen) atoms. The van der Waals surface area contributed by atoms with Crippen LogP contribution in [0.4, 0.5) is 11.4 Å². The van der Waals surface area contributed by atoms with E-state index in [0.717, 1.165) is 21.3 Å². The zero-order valence-electron chi connectivity index (χ0n) is 20.8. The Morgan fingerprint density at radius 3 is 2.23 bits per heavy atom. The number of fused-ring (bicyclic) bond motifs is 6. The Morgan fingerprint density at radius 1 is 0.769 bits per heavy atom. The fourth-order valence-electron chi connectivity index (χ4n) is 6.69. The van der Waals surface area contributed by atoms with Crippen molar-refractivity contribution in [3.05, 3.63) is 136 Å². The highest BCUT2D eigenvalue weighted by Crippen LogP contribution is 2.58. The number of carbonyl (C=O) groups is 3. The highest BCUT2D eigenvalue weighted by Gasteiger charge is 2.70. The average Bonchev–Trinajstić information content (AvgIpc) is 3.45. The van der Waals surface area contributed by atoms with E-state index in [4.69, 9.17) is 0 Å². The van der Waals surface area contributed by atoms with Gasteiger partial charge in [-0.3, -0.25) is 14.4 Å². The minimum Gasteiger partial charge on any atom is -0.352 e. The van der Waals surface area contributed by atoms with E-state index < -0.39 is 23.4 Å². The number of amides is 1. The number of benzene rings is 4. The van der Waals surface area contributed by atoms with Crippen LogP contribution in [-0.2, 0) is 10.2 Å². The molecule has 4 aromatic carbocycles. The van der Waals surface area contributed by atoms with E-state index in [0.29, 0.717) is 16.8 Å². The van der Waals surface area contributed by atoms with Crippen molar-refractivity contribution in [3.8, 4) is 0 Å². The van der Waals surface area contributed by atoms with Gasteiger partial charge in [-0.25, -0.2) is 0 Å². The first-order valence-electron chi connectivity index (χ1n) is 12.9. The third kappa shape index (κ3) is 3.34. The lowest BCUT2D eigenvalue weighted by atomic mass is 9.64. The quantitative estimate of drug-likeness (QED) is 0.290. The summed E-state index contributed by atoms with van der Waals surface area (Å²) >= 11 is 3.46. The molecule has 190 valence electrons. The highest BCUT2D eigenvalue weighted by molar-refractivity contribution is 9.10. The molecule has 1 N–H and O–H groups in total. The van der Waals surface area contributed by atoms with Crippen molar-refractivity contribution in [2.75, 3.05) is 10.2 Å². The Bertz CT molecular complexity index is 1680. The number of ketones is 2. The van der Waals surface area contributed by atoms with Crippen LogP contribution in [0.3, 0.4) is 0 Å². The molecule has 1 amide bonds. The molecule has 1 fully saturated rings. The van der Waals surface area contributed by atoms with Gasteiger partial charge < -0.3 is 10.2 Å². The van der Waals surface area contributed by atoms with Gasteiger partial charge in [0.1, 0.15) is 11.5 Å². The van der Waals surface area contributed by atoms with Crippen LogP contribution in [0.5, 0.6) is 0 Å². The first kappa shape index (κ1) is 23.8. The number of nitrogens with one attached hydrogen (secondary N) is 1. The van der Waals surface area contributed by atoms with Gasteiger partial charge in [0.25, 0.3) is 0 Å². The van der Waals surface area contributed by atoms with Crippen molar-refractivity contribution in [2.45, 2.75) is 17.5 Å². The molecule has 1 saturated heterocycles. The van der Waals surface area contributed by atoms with Gasteiger partial charge in [-0.05, 0) is 35.4 Å². The van der Waals surface area contributed by atoms with E-state index in [2.05, 4.69) is 21.2 Å². The summed E-state index contributed by atoms with van der Waals surface area (Å²) in [5.74, 6) is -1.66. The molecule has 0 bridgehead atoms. The summed E-state index contributed by atoms with van der Waals surface area (Å²) < 4.78 is 0.843. The Hall–Kier alpha value is -4.29. The van der Waals surface area contributed by atoms with E-state index in [1.54, 1.807) is 24.3 Å². The van der Waals surface area contributed by atoms with Crippen LogP contribution < -0.4 is 10.2 Å². The van der Waals surface area contributed by atoms with Crippen molar-refractivity contribution < 1.29 is 14.4 Å². The smallest absolute Gasteiger partial charge is 0.238 e. The zero-order valence-corrected chi connectivity index (χ0v) is 22.3. The fourth-order valence-corrected chi connectivity index (χ4v) is 6.95. The molecule has 6 heteroatoms. The van der Waals surface area contributed by atoms with Gasteiger partial charge in [-0.1, -0.05) is 107 Å². The van der Waals surface area contributed by atoms with Crippen LogP contribution in [0.2, 0.25) is 0 Å². The van der Waals surface area contributed by atoms with Crippen LogP contribution in [0.25, 0.3) is 6.08 Å². The monoisotopic (exact) mass is 574 g/mol. The molecule has 1 spiro atoms. The Balaban J connectivity index is 1.54. The normalized spacial score (nSPS) is 24.2. The van der Waals surface area contributed by atoms with Crippen LogP contribution >= 0.6 is 15.9 Å². The molecule has 0 unspecified atom stereocenters. The molecule has 4 atom stereocenters. The molecule has 0 aromatic heterocycles. The van der Waals surface area contributed by atoms with Gasteiger partial charge in [0.05, 0.1) is 12.0 Å². The summed E-state index contributed by atoms with van der Waals surface area (Å²) in [6, 6.07) is 30.1. The van der Waals surface area contributed by atoms with Crippen LogP contribution in [0, 0.1) is 5.92 Å². The van der Waals surface area contributed by atoms with E-state index in [9.17, 15) is 14.4 Å². The SMILES string of the molecule is O=C(c1ccccc1)[C@@H]1[C@H](C(=O)c2ccc(Br)cc2)[C@@]2(C(=O)Nc3ccccc32)[C@H]2C=Cc3ccccc3N12. The van der Waals surface area contributed by atoms with E-state index in [-0.39, 0.29) is 17.5 Å². The Morgan fingerprint density at radius 2 is 1.44 bits per heavy atom. The summed E-state index contributed by atoms with van der Waals surface area (Å²) in [4.78, 5) is 45.5. The maximum absolute atomic E-state index is 14.7. The van der Waals surface area contributed by atoms with Crippen molar-refractivity contribution in [2.24, 2.45) is 5.92 Å². The molecular weight excluding hydrogens is 552 g/mol. The number of nitrogens with zero attached hydrogens (tertiary/aromatic N) is 1. The van der Waals surface area contributed by atoms with E-state index in [1.807, 2.05) is 95.9 Å². The minimum atomic E-state index is -1.31. The molecule has 3 aliphatic heterocycles. The molecule has 5 nitrogen and oxygen atoms in total. The highest BCUT2D eigenvalue weighted by atomic mass is 79.9. The predicted molar refractivity (Wildman–Crippen MR) is 155 cm³/mol. The van der Waals surface area contributed by atoms with Crippen LogP contribution in [0.1, 0.15) is 31.8 Å². The van der Waals surface area contributed by atoms with E-state index >= 15 is 0 Å². The third-order valence-electron chi connectivity index (χ3n) is 8.28. The summed E-state index contributed by atoms with van der Waals surface area (Å²) in [7, 11) is 0. The second-order valence-electron chi connectivity index (χ2n) is 10.2. The number of carbonyl (C=O) groups excluding carboxylic acids is 3. The third-order valence-corrected chi connectivity index (χ3v) is 8.81. The van der Waals surface area contributed by atoms with Gasteiger partial charge in [-0.15, -0.1) is 0 Å². The number of anilines is 2. The molecular formula is C33H23BrN2O3. The standard InChI is InChI=1S/C33H23BrN2O3/c34-23-17-14-22(15-18-23)30(37)28-29(31(38)21-9-2-1-3-10-21)36-26-13-7-4-8-20(26)16-19-27(36)33(28)24-11-5-6-12-25(24)35-32(33)39/h1-19,27-29H,(H,35,39)/t27-,28-,29+,33+/m1/s1. The second kappa shape index (κ2) is 8.89. The molecule has 0 radical (unpaired) electrons. The first-order chi connectivity index (χ1) is 19.0. The lowest BCUT2D eigenvalue weighted by molar-refractivity contribution is -0.121. The van der Waals surface area contributed by atoms with Gasteiger partial charge in [0.15, 0.2) is 11.6 Å². The summed E-state index contributed by atoms with van der Waals surface area (Å²) in [5, 5.41) is 3.06. The predicted octanol–water partition coefficient (Wildman–Crippen LogP) is 6.31. The number of rotatable bonds is 4. The topological polar surface area (TPSA) is 66.5 Å². The largest absolute Gasteiger partial charge is 0.352 e. The molecule has 0 aliphatic carbocycles. The molecule has 3 aliphatic rings. The number of halogens is 1. The number of hydrogen-bond donors (Lipinski definition) is 1. The van der Waals surface area contributed by atoms with Gasteiger partial charge in [0.2, 0.25) is 5.91 Å². The van der Waals surface area contributed by atoms with Crippen molar-refractivity contribution >= 4 is 50.9 Å².